The van der Waals surface area contributed by atoms with Gasteiger partial charge >= 0.3 is 0 Å². The molecule has 146 valence electrons. The molecule has 27 heavy (non-hydrogen) atoms. The number of halogens is 1. The lowest BCUT2D eigenvalue weighted by atomic mass is 9.92. The van der Waals surface area contributed by atoms with Gasteiger partial charge in [0.2, 0.25) is 0 Å². The van der Waals surface area contributed by atoms with Crippen LogP contribution in [0.15, 0.2) is 48.5 Å². The second kappa shape index (κ2) is 9.34. The maximum absolute atomic E-state index is 13.0. The summed E-state index contributed by atoms with van der Waals surface area (Å²) in [4.78, 5) is 2.43. The first-order chi connectivity index (χ1) is 13.0. The fraction of sp³-hybridized carbons (Fsp3) is 0.478. The van der Waals surface area contributed by atoms with Crippen molar-refractivity contribution in [3.63, 3.8) is 0 Å². The molecule has 4 heteroatoms. The average Bonchev–Trinajstić information content (AvgIpc) is 2.67. The van der Waals surface area contributed by atoms with E-state index in [1.165, 1.54) is 17.7 Å². The standard InChI is InChI=1S/C23H31FN2O/c1-17(2)16-27-22-10-6-19(7-11-22)23-14-21(12-13-26(23)3)25-15-18-4-8-20(24)9-5-18/h4-11,17,21,23,25H,12-16H2,1-3H3. The molecule has 0 radical (unpaired) electrons. The number of hydrogen-bond acceptors (Lipinski definition) is 3. The Morgan fingerprint density at radius 3 is 2.48 bits per heavy atom. The van der Waals surface area contributed by atoms with E-state index in [0.29, 0.717) is 18.0 Å². The zero-order valence-electron chi connectivity index (χ0n) is 16.6. The highest BCUT2D eigenvalue weighted by atomic mass is 19.1. The van der Waals surface area contributed by atoms with Gasteiger partial charge in [0.1, 0.15) is 11.6 Å². The quantitative estimate of drug-likeness (QED) is 0.759. The summed E-state index contributed by atoms with van der Waals surface area (Å²) in [5, 5.41) is 3.65. The summed E-state index contributed by atoms with van der Waals surface area (Å²) in [6.07, 6.45) is 2.20. The van der Waals surface area contributed by atoms with Gasteiger partial charge in [-0.2, -0.15) is 0 Å². The zero-order chi connectivity index (χ0) is 19.2. The van der Waals surface area contributed by atoms with Crippen LogP contribution < -0.4 is 10.1 Å². The van der Waals surface area contributed by atoms with Crippen molar-refractivity contribution in [1.29, 1.82) is 0 Å². The molecule has 0 spiro atoms. The Balaban J connectivity index is 1.57. The number of likely N-dealkylation sites (tertiary alicyclic amines) is 1. The molecule has 1 fully saturated rings. The van der Waals surface area contributed by atoms with Crippen molar-refractivity contribution in [2.45, 2.75) is 45.3 Å². The van der Waals surface area contributed by atoms with Crippen LogP contribution in [0.4, 0.5) is 4.39 Å². The number of nitrogens with zero attached hydrogens (tertiary/aromatic N) is 1. The summed E-state index contributed by atoms with van der Waals surface area (Å²) in [7, 11) is 2.20. The fourth-order valence-electron chi connectivity index (χ4n) is 3.57. The first-order valence-electron chi connectivity index (χ1n) is 9.92. The number of piperidine rings is 1. The molecule has 1 aliphatic heterocycles. The molecule has 3 nitrogen and oxygen atoms in total. The smallest absolute Gasteiger partial charge is 0.123 e. The molecule has 1 aliphatic rings. The summed E-state index contributed by atoms with van der Waals surface area (Å²) in [6, 6.07) is 16.2. The molecule has 2 aromatic rings. The van der Waals surface area contributed by atoms with Crippen LogP contribution in [-0.2, 0) is 6.54 Å². The largest absolute Gasteiger partial charge is 0.493 e. The van der Waals surface area contributed by atoms with Crippen molar-refractivity contribution in [2.75, 3.05) is 20.2 Å². The molecule has 2 aromatic carbocycles. The van der Waals surface area contributed by atoms with Gasteiger partial charge in [0.15, 0.2) is 0 Å². The Bertz CT molecular complexity index is 699. The summed E-state index contributed by atoms with van der Waals surface area (Å²) >= 11 is 0. The lowest BCUT2D eigenvalue weighted by Crippen LogP contribution is -2.42. The monoisotopic (exact) mass is 370 g/mol. The molecule has 2 unspecified atom stereocenters. The van der Waals surface area contributed by atoms with E-state index in [1.54, 1.807) is 0 Å². The van der Waals surface area contributed by atoms with Crippen molar-refractivity contribution in [1.82, 2.24) is 10.2 Å². The predicted molar refractivity (Wildman–Crippen MR) is 108 cm³/mol. The third kappa shape index (κ3) is 5.78. The Hall–Kier alpha value is -1.91. The van der Waals surface area contributed by atoms with Crippen LogP contribution in [0, 0.1) is 11.7 Å². The Morgan fingerprint density at radius 1 is 1.11 bits per heavy atom. The van der Waals surface area contributed by atoms with E-state index in [2.05, 4.69) is 55.4 Å². The molecule has 1 saturated heterocycles. The maximum Gasteiger partial charge on any atom is 0.123 e. The molecule has 1 heterocycles. The fourth-order valence-corrected chi connectivity index (χ4v) is 3.57. The van der Waals surface area contributed by atoms with E-state index >= 15 is 0 Å². The van der Waals surface area contributed by atoms with E-state index < -0.39 is 0 Å². The third-order valence-electron chi connectivity index (χ3n) is 5.23. The molecular formula is C23H31FN2O. The minimum absolute atomic E-state index is 0.182. The molecule has 0 saturated carbocycles. The zero-order valence-corrected chi connectivity index (χ0v) is 16.6. The van der Waals surface area contributed by atoms with E-state index in [0.717, 1.165) is 43.9 Å². The van der Waals surface area contributed by atoms with Crippen molar-refractivity contribution in [2.24, 2.45) is 5.92 Å². The predicted octanol–water partition coefficient (Wildman–Crippen LogP) is 4.79. The Labute approximate surface area is 162 Å². The van der Waals surface area contributed by atoms with Gasteiger partial charge in [0, 0.05) is 18.6 Å². The average molecular weight is 371 g/mol. The molecule has 0 aliphatic carbocycles. The Kier molecular flexibility index (Phi) is 6.86. The number of ether oxygens (including phenoxy) is 1. The van der Waals surface area contributed by atoms with E-state index in [4.69, 9.17) is 4.74 Å². The van der Waals surface area contributed by atoms with Crippen LogP contribution in [0.3, 0.4) is 0 Å². The highest BCUT2D eigenvalue weighted by Crippen LogP contribution is 2.31. The number of nitrogens with one attached hydrogen (secondary N) is 1. The van der Waals surface area contributed by atoms with Crippen molar-refractivity contribution in [3.05, 3.63) is 65.5 Å². The Morgan fingerprint density at radius 2 is 1.81 bits per heavy atom. The van der Waals surface area contributed by atoms with E-state index in [-0.39, 0.29) is 5.82 Å². The molecule has 2 atom stereocenters. The van der Waals surface area contributed by atoms with Crippen molar-refractivity contribution < 1.29 is 9.13 Å². The molecule has 1 N–H and O–H groups in total. The van der Waals surface area contributed by atoms with Gasteiger partial charge in [-0.1, -0.05) is 38.1 Å². The number of rotatable bonds is 7. The summed E-state index contributed by atoms with van der Waals surface area (Å²) in [5.41, 5.74) is 2.46. The van der Waals surface area contributed by atoms with Crippen LogP contribution in [0.5, 0.6) is 5.75 Å². The lowest BCUT2D eigenvalue weighted by molar-refractivity contribution is 0.156. The molecular weight excluding hydrogens is 339 g/mol. The van der Waals surface area contributed by atoms with Gasteiger partial charge in [-0.15, -0.1) is 0 Å². The molecule has 0 amide bonds. The SMILES string of the molecule is CC(C)COc1ccc(C2CC(NCc3ccc(F)cc3)CCN2C)cc1. The van der Waals surface area contributed by atoms with Gasteiger partial charge in [-0.25, -0.2) is 4.39 Å². The van der Waals surface area contributed by atoms with Crippen LogP contribution in [0.25, 0.3) is 0 Å². The van der Waals surface area contributed by atoms with Gasteiger partial charge in [0.05, 0.1) is 6.61 Å². The second-order valence-corrected chi connectivity index (χ2v) is 8.00. The first kappa shape index (κ1) is 19.8. The van der Waals surface area contributed by atoms with Crippen LogP contribution in [0.1, 0.15) is 43.9 Å². The summed E-state index contributed by atoms with van der Waals surface area (Å²) < 4.78 is 18.8. The second-order valence-electron chi connectivity index (χ2n) is 8.00. The first-order valence-corrected chi connectivity index (χ1v) is 9.92. The minimum Gasteiger partial charge on any atom is -0.493 e. The minimum atomic E-state index is -0.182. The van der Waals surface area contributed by atoms with E-state index in [9.17, 15) is 4.39 Å². The highest BCUT2D eigenvalue weighted by molar-refractivity contribution is 5.29. The van der Waals surface area contributed by atoms with Crippen LogP contribution in [0.2, 0.25) is 0 Å². The van der Waals surface area contributed by atoms with E-state index in [1.807, 2.05) is 12.1 Å². The highest BCUT2D eigenvalue weighted by Gasteiger charge is 2.27. The summed E-state index contributed by atoms with van der Waals surface area (Å²) in [5.74, 6) is 1.29. The maximum atomic E-state index is 13.0. The molecule has 0 aromatic heterocycles. The van der Waals surface area contributed by atoms with Gasteiger partial charge in [-0.05, 0) is 67.7 Å². The third-order valence-corrected chi connectivity index (χ3v) is 5.23. The van der Waals surface area contributed by atoms with Crippen LogP contribution in [-0.4, -0.2) is 31.1 Å². The molecule has 0 bridgehead atoms. The van der Waals surface area contributed by atoms with Gasteiger partial charge in [0.25, 0.3) is 0 Å². The topological polar surface area (TPSA) is 24.5 Å². The molecule has 3 rings (SSSR count). The number of hydrogen-bond donors (Lipinski definition) is 1. The normalized spacial score (nSPS) is 20.8. The van der Waals surface area contributed by atoms with Gasteiger partial charge < -0.3 is 10.1 Å². The van der Waals surface area contributed by atoms with Crippen molar-refractivity contribution >= 4 is 0 Å². The lowest BCUT2D eigenvalue weighted by Gasteiger charge is -2.38. The van der Waals surface area contributed by atoms with Gasteiger partial charge in [-0.3, -0.25) is 4.90 Å². The van der Waals surface area contributed by atoms with Crippen LogP contribution >= 0.6 is 0 Å². The van der Waals surface area contributed by atoms with Crippen molar-refractivity contribution in [3.8, 4) is 5.75 Å². The number of benzene rings is 2. The summed E-state index contributed by atoms with van der Waals surface area (Å²) in [6.45, 7) is 6.91.